The van der Waals surface area contributed by atoms with Crippen LogP contribution in [0, 0.1) is 0 Å². The molecule has 0 aromatic heterocycles. The van der Waals surface area contributed by atoms with Crippen molar-refractivity contribution in [3.05, 3.63) is 24.3 Å². The quantitative estimate of drug-likeness (QED) is 0.158. The van der Waals surface area contributed by atoms with Gasteiger partial charge in [-0.05, 0) is 48.9 Å². The van der Waals surface area contributed by atoms with Crippen molar-refractivity contribution in [1.82, 2.24) is 0 Å². The first-order valence-electron chi connectivity index (χ1n) is 14.9. The van der Waals surface area contributed by atoms with Gasteiger partial charge in [0, 0.05) is 0 Å². The van der Waals surface area contributed by atoms with Gasteiger partial charge in [0.05, 0.1) is 11.2 Å². The van der Waals surface area contributed by atoms with Crippen LogP contribution in [0.2, 0.25) is 0 Å². The van der Waals surface area contributed by atoms with E-state index in [9.17, 15) is 0 Å². The summed E-state index contributed by atoms with van der Waals surface area (Å²) in [6.45, 7) is 13.8. The summed E-state index contributed by atoms with van der Waals surface area (Å²) in [6.07, 6.45) is 20.0. The van der Waals surface area contributed by atoms with Gasteiger partial charge >= 0.3 is 0 Å². The molecule has 34 heavy (non-hydrogen) atoms. The second kappa shape index (κ2) is 18.8. The fourth-order valence-electron chi connectivity index (χ4n) is 5.29. The molecule has 0 radical (unpaired) electrons. The fourth-order valence-corrected chi connectivity index (χ4v) is 7.96. The molecule has 0 saturated heterocycles. The molecular formula is C30H58O2Si2. The molecule has 2 nitrogen and oxygen atoms in total. The van der Waals surface area contributed by atoms with Crippen LogP contribution in [0.5, 0.6) is 0 Å². The molecule has 0 N–H and O–H groups in total. The van der Waals surface area contributed by atoms with Crippen LogP contribution in [-0.4, -0.2) is 30.7 Å². The van der Waals surface area contributed by atoms with E-state index in [4.69, 9.17) is 8.85 Å². The number of benzene rings is 1. The molecule has 0 fully saturated rings. The first-order valence-corrected chi connectivity index (χ1v) is 17.4. The maximum Gasteiger partial charge on any atom is 0.193 e. The third kappa shape index (κ3) is 12.0. The highest BCUT2D eigenvalue weighted by molar-refractivity contribution is 6.49. The van der Waals surface area contributed by atoms with E-state index < -0.39 is 19.5 Å². The Hall–Kier alpha value is -0.426. The summed E-state index contributed by atoms with van der Waals surface area (Å²) in [4.78, 5) is 0. The summed E-state index contributed by atoms with van der Waals surface area (Å²) in [6, 6.07) is 9.42. The van der Waals surface area contributed by atoms with Gasteiger partial charge in [-0.25, -0.2) is 0 Å². The molecule has 0 aliphatic carbocycles. The van der Waals surface area contributed by atoms with Gasteiger partial charge in [-0.1, -0.05) is 130 Å². The average molecular weight is 507 g/mol. The van der Waals surface area contributed by atoms with Crippen LogP contribution in [0.1, 0.15) is 144 Å². The highest BCUT2D eigenvalue weighted by atomic mass is 28.2. The number of unbranched alkanes of at least 4 members (excludes halogenated alkanes) is 4. The predicted molar refractivity (Wildman–Crippen MR) is 158 cm³/mol. The first kappa shape index (κ1) is 31.6. The summed E-state index contributed by atoms with van der Waals surface area (Å²) in [7, 11) is -1.41. The lowest BCUT2D eigenvalue weighted by molar-refractivity contribution is 0.0414. The molecule has 0 bridgehead atoms. The Morgan fingerprint density at radius 1 is 0.471 bits per heavy atom. The van der Waals surface area contributed by atoms with Gasteiger partial charge < -0.3 is 8.85 Å². The van der Waals surface area contributed by atoms with Crippen LogP contribution in [0.3, 0.4) is 0 Å². The molecule has 0 atom stereocenters. The largest absolute Gasteiger partial charge is 0.413 e. The van der Waals surface area contributed by atoms with Gasteiger partial charge in [0.15, 0.2) is 19.5 Å². The second-order valence-corrected chi connectivity index (χ2v) is 13.5. The topological polar surface area (TPSA) is 18.5 Å². The number of hydrogen-bond donors (Lipinski definition) is 0. The molecule has 0 amide bonds. The molecule has 4 heteroatoms. The standard InChI is InChI=1S/C30H58O2Si2/c1-7-13-23-29(21-11-5,24-14-8-2)31-33-27-17-19-28(20-18-27)34-32-30(22-12-6,25-15-9-3)26-16-10-4/h17-20H,7-16,21-26,33-34H2,1-6H3. The van der Waals surface area contributed by atoms with E-state index in [-0.39, 0.29) is 11.2 Å². The number of rotatable bonds is 22. The van der Waals surface area contributed by atoms with Crippen molar-refractivity contribution in [2.75, 3.05) is 0 Å². The molecule has 198 valence electrons. The Labute approximate surface area is 218 Å². The summed E-state index contributed by atoms with van der Waals surface area (Å²) in [5.74, 6) is 0. The minimum Gasteiger partial charge on any atom is -0.413 e. The van der Waals surface area contributed by atoms with Gasteiger partial charge in [-0.2, -0.15) is 0 Å². The lowest BCUT2D eigenvalue weighted by Gasteiger charge is -2.35. The van der Waals surface area contributed by atoms with Crippen molar-refractivity contribution in [3.8, 4) is 0 Å². The third-order valence-corrected chi connectivity index (χ3v) is 10.6. The normalized spacial score (nSPS) is 13.1. The molecule has 0 spiro atoms. The highest BCUT2D eigenvalue weighted by Crippen LogP contribution is 2.31. The summed E-state index contributed by atoms with van der Waals surface area (Å²) in [5, 5.41) is 2.89. The van der Waals surface area contributed by atoms with Crippen LogP contribution >= 0.6 is 0 Å². The maximum atomic E-state index is 6.85. The monoisotopic (exact) mass is 506 g/mol. The first-order chi connectivity index (χ1) is 16.5. The second-order valence-electron chi connectivity index (χ2n) is 10.7. The van der Waals surface area contributed by atoms with Gasteiger partial charge in [-0.15, -0.1) is 0 Å². The molecule has 0 saturated carbocycles. The Balaban J connectivity index is 2.79. The van der Waals surface area contributed by atoms with Crippen LogP contribution in [0.25, 0.3) is 0 Å². The van der Waals surface area contributed by atoms with E-state index >= 15 is 0 Å². The zero-order valence-electron chi connectivity index (χ0n) is 23.9. The molecule has 0 heterocycles. The summed E-state index contributed by atoms with van der Waals surface area (Å²) >= 11 is 0. The van der Waals surface area contributed by atoms with E-state index in [1.807, 2.05) is 0 Å². The zero-order valence-corrected chi connectivity index (χ0v) is 26.7. The Bertz CT molecular complexity index is 533. The van der Waals surface area contributed by atoms with Crippen molar-refractivity contribution in [2.45, 2.75) is 155 Å². The van der Waals surface area contributed by atoms with E-state index in [0.29, 0.717) is 0 Å². The van der Waals surface area contributed by atoms with Crippen molar-refractivity contribution >= 4 is 29.9 Å². The van der Waals surface area contributed by atoms with Gasteiger partial charge in [-0.3, -0.25) is 0 Å². The lowest BCUT2D eigenvalue weighted by atomic mass is 9.87. The minimum absolute atomic E-state index is 0.127. The Kier molecular flexibility index (Phi) is 17.5. The molecule has 0 unspecified atom stereocenters. The van der Waals surface area contributed by atoms with Crippen molar-refractivity contribution in [2.24, 2.45) is 0 Å². The predicted octanol–water partition coefficient (Wildman–Crippen LogP) is 6.98. The average Bonchev–Trinajstić information content (AvgIpc) is 2.86. The number of hydrogen-bond acceptors (Lipinski definition) is 2. The molecule has 0 aliphatic heterocycles. The van der Waals surface area contributed by atoms with E-state index in [1.54, 1.807) is 0 Å². The van der Waals surface area contributed by atoms with Crippen molar-refractivity contribution in [3.63, 3.8) is 0 Å². The maximum absolute atomic E-state index is 6.85. The zero-order chi connectivity index (χ0) is 25.1. The molecular weight excluding hydrogens is 449 g/mol. The Morgan fingerprint density at radius 2 is 0.765 bits per heavy atom. The summed E-state index contributed by atoms with van der Waals surface area (Å²) < 4.78 is 13.7. The smallest absolute Gasteiger partial charge is 0.193 e. The minimum atomic E-state index is -0.705. The van der Waals surface area contributed by atoms with Gasteiger partial charge in [0.1, 0.15) is 0 Å². The summed E-state index contributed by atoms with van der Waals surface area (Å²) in [5.41, 5.74) is 0.254. The SMILES string of the molecule is CCCCC(CCC)(CCCC)O[SiH2]c1ccc([SiH2]OC(CCC)(CCCC)CCCC)cc1. The Morgan fingerprint density at radius 3 is 1.00 bits per heavy atom. The van der Waals surface area contributed by atoms with E-state index in [1.165, 1.54) is 113 Å². The fraction of sp³-hybridized carbons (Fsp3) is 0.800. The molecule has 0 aliphatic rings. The van der Waals surface area contributed by atoms with E-state index in [0.717, 1.165) is 0 Å². The van der Waals surface area contributed by atoms with Crippen LogP contribution < -0.4 is 10.4 Å². The lowest BCUT2D eigenvalue weighted by Crippen LogP contribution is -2.39. The van der Waals surface area contributed by atoms with Crippen molar-refractivity contribution in [1.29, 1.82) is 0 Å². The van der Waals surface area contributed by atoms with Gasteiger partial charge in [0.25, 0.3) is 0 Å². The van der Waals surface area contributed by atoms with Gasteiger partial charge in [0.2, 0.25) is 0 Å². The molecule has 1 aromatic carbocycles. The molecule has 1 aromatic rings. The van der Waals surface area contributed by atoms with Crippen LogP contribution in [-0.2, 0) is 8.85 Å². The van der Waals surface area contributed by atoms with Crippen LogP contribution in [0.15, 0.2) is 24.3 Å². The third-order valence-electron chi connectivity index (χ3n) is 7.47. The highest BCUT2D eigenvalue weighted by Gasteiger charge is 2.29. The van der Waals surface area contributed by atoms with Crippen LogP contribution in [0.4, 0.5) is 0 Å². The van der Waals surface area contributed by atoms with E-state index in [2.05, 4.69) is 65.8 Å². The van der Waals surface area contributed by atoms with Crippen molar-refractivity contribution < 1.29 is 8.85 Å². The molecule has 1 rings (SSSR count).